The number of nitrogens with one attached hydrogen (secondary N) is 1. The van der Waals surface area contributed by atoms with Crippen molar-refractivity contribution in [2.24, 2.45) is 0 Å². The summed E-state index contributed by atoms with van der Waals surface area (Å²) in [6.07, 6.45) is 3.06. The minimum Gasteiger partial charge on any atom is -0.449 e. The van der Waals surface area contributed by atoms with Crippen molar-refractivity contribution in [2.45, 2.75) is 45.2 Å². The van der Waals surface area contributed by atoms with Crippen molar-refractivity contribution in [3.63, 3.8) is 0 Å². The fraction of sp³-hybridized carbons (Fsp3) is 0.286. The Hall–Kier alpha value is -3.64. The SMILES string of the molecule is CCCc1nc2ccc(C3CCCN3)cc2n1Cc1ccc(-c2ccccc2OC(=O)O)cc1. The van der Waals surface area contributed by atoms with Gasteiger partial charge in [0.15, 0.2) is 0 Å². The maximum absolute atomic E-state index is 11.0. The molecular formula is C28H29N3O3. The summed E-state index contributed by atoms with van der Waals surface area (Å²) < 4.78 is 7.30. The number of rotatable bonds is 7. The van der Waals surface area contributed by atoms with Gasteiger partial charge in [-0.25, -0.2) is 9.78 Å². The third-order valence-electron chi connectivity index (χ3n) is 6.48. The maximum atomic E-state index is 11.0. The fourth-order valence-corrected chi connectivity index (χ4v) is 4.83. The van der Waals surface area contributed by atoms with Gasteiger partial charge < -0.3 is 19.7 Å². The molecule has 0 bridgehead atoms. The topological polar surface area (TPSA) is 76.4 Å². The highest BCUT2D eigenvalue weighted by molar-refractivity contribution is 5.77. The normalized spacial score (nSPS) is 15.6. The van der Waals surface area contributed by atoms with Gasteiger partial charge in [-0.3, -0.25) is 0 Å². The zero-order chi connectivity index (χ0) is 23.5. The monoisotopic (exact) mass is 455 g/mol. The van der Waals surface area contributed by atoms with Crippen LogP contribution in [0.5, 0.6) is 5.75 Å². The van der Waals surface area contributed by atoms with Crippen LogP contribution in [-0.4, -0.2) is 27.4 Å². The first-order chi connectivity index (χ1) is 16.6. The number of aromatic nitrogens is 2. The van der Waals surface area contributed by atoms with E-state index in [-0.39, 0.29) is 0 Å². The highest BCUT2D eigenvalue weighted by atomic mass is 16.7. The quantitative estimate of drug-likeness (QED) is 0.257. The summed E-state index contributed by atoms with van der Waals surface area (Å²) in [5, 5.41) is 12.6. The number of imidazole rings is 1. The Kier molecular flexibility index (Phi) is 6.32. The predicted molar refractivity (Wildman–Crippen MR) is 133 cm³/mol. The molecule has 0 radical (unpaired) electrons. The van der Waals surface area contributed by atoms with Crippen LogP contribution >= 0.6 is 0 Å². The van der Waals surface area contributed by atoms with Gasteiger partial charge in [-0.1, -0.05) is 55.5 Å². The van der Waals surface area contributed by atoms with Gasteiger partial charge in [0, 0.05) is 24.6 Å². The Balaban J connectivity index is 1.46. The van der Waals surface area contributed by atoms with Gasteiger partial charge in [0.25, 0.3) is 0 Å². The zero-order valence-electron chi connectivity index (χ0n) is 19.3. The third kappa shape index (κ3) is 4.54. The van der Waals surface area contributed by atoms with Crippen molar-refractivity contribution in [1.82, 2.24) is 14.9 Å². The molecule has 1 atom stereocenters. The summed E-state index contributed by atoms with van der Waals surface area (Å²) in [7, 11) is 0. The molecule has 0 aliphatic carbocycles. The molecule has 1 fully saturated rings. The molecule has 0 amide bonds. The van der Waals surface area contributed by atoms with E-state index in [9.17, 15) is 4.79 Å². The first kappa shape index (κ1) is 22.2. The number of hydrogen-bond donors (Lipinski definition) is 2. The molecule has 3 aromatic carbocycles. The average Bonchev–Trinajstić information content (AvgIpc) is 3.49. The number of benzene rings is 3. The predicted octanol–water partition coefficient (Wildman–Crippen LogP) is 6.19. The Morgan fingerprint density at radius 1 is 1.15 bits per heavy atom. The molecule has 2 N–H and O–H groups in total. The van der Waals surface area contributed by atoms with Gasteiger partial charge >= 0.3 is 6.16 Å². The van der Waals surface area contributed by atoms with Crippen LogP contribution in [0.1, 0.15) is 49.2 Å². The second-order valence-corrected chi connectivity index (χ2v) is 8.82. The lowest BCUT2D eigenvalue weighted by Crippen LogP contribution is -2.13. The van der Waals surface area contributed by atoms with E-state index < -0.39 is 6.16 Å². The molecule has 2 heterocycles. The van der Waals surface area contributed by atoms with Crippen LogP contribution in [0.15, 0.2) is 66.7 Å². The zero-order valence-corrected chi connectivity index (χ0v) is 19.3. The lowest BCUT2D eigenvalue weighted by Gasteiger charge is -2.13. The van der Waals surface area contributed by atoms with Crippen LogP contribution in [0.2, 0.25) is 0 Å². The highest BCUT2D eigenvalue weighted by Gasteiger charge is 2.18. The number of para-hydroxylation sites is 1. The molecule has 6 heteroatoms. The summed E-state index contributed by atoms with van der Waals surface area (Å²) in [5.74, 6) is 1.44. The molecule has 0 saturated carbocycles. The van der Waals surface area contributed by atoms with Crippen molar-refractivity contribution in [3.05, 3.63) is 83.7 Å². The first-order valence-corrected chi connectivity index (χ1v) is 11.9. The number of fused-ring (bicyclic) bond motifs is 1. The van der Waals surface area contributed by atoms with Gasteiger partial charge in [0.1, 0.15) is 11.6 Å². The molecule has 6 nitrogen and oxygen atoms in total. The van der Waals surface area contributed by atoms with Gasteiger partial charge in [-0.05, 0) is 60.7 Å². The molecule has 0 spiro atoms. The second kappa shape index (κ2) is 9.69. The Morgan fingerprint density at radius 3 is 2.71 bits per heavy atom. The molecule has 1 aromatic heterocycles. The summed E-state index contributed by atoms with van der Waals surface area (Å²) in [6.45, 7) is 4.00. The molecule has 174 valence electrons. The first-order valence-electron chi connectivity index (χ1n) is 11.9. The van der Waals surface area contributed by atoms with Gasteiger partial charge in [-0.15, -0.1) is 0 Å². The van der Waals surface area contributed by atoms with E-state index >= 15 is 0 Å². The van der Waals surface area contributed by atoms with Crippen LogP contribution in [0.3, 0.4) is 0 Å². The third-order valence-corrected chi connectivity index (χ3v) is 6.48. The van der Waals surface area contributed by atoms with E-state index in [0.717, 1.165) is 48.4 Å². The minimum atomic E-state index is -1.31. The molecule has 5 rings (SSSR count). The fourth-order valence-electron chi connectivity index (χ4n) is 4.83. The van der Waals surface area contributed by atoms with Crippen LogP contribution in [-0.2, 0) is 13.0 Å². The molecular weight excluding hydrogens is 426 g/mol. The average molecular weight is 456 g/mol. The van der Waals surface area contributed by atoms with Crippen LogP contribution in [0.4, 0.5) is 4.79 Å². The molecule has 34 heavy (non-hydrogen) atoms. The highest BCUT2D eigenvalue weighted by Crippen LogP contribution is 2.31. The second-order valence-electron chi connectivity index (χ2n) is 8.82. The van der Waals surface area contributed by atoms with Gasteiger partial charge in [0.2, 0.25) is 0 Å². The summed E-state index contributed by atoms with van der Waals surface area (Å²) in [4.78, 5) is 16.0. The Morgan fingerprint density at radius 2 is 1.97 bits per heavy atom. The number of hydrogen-bond acceptors (Lipinski definition) is 4. The summed E-state index contributed by atoms with van der Waals surface area (Å²) >= 11 is 0. The van der Waals surface area contributed by atoms with Crippen LogP contribution in [0.25, 0.3) is 22.2 Å². The van der Waals surface area contributed by atoms with Crippen molar-refractivity contribution in [1.29, 1.82) is 0 Å². The molecule has 1 aliphatic heterocycles. The van der Waals surface area contributed by atoms with Gasteiger partial charge in [0.05, 0.1) is 11.0 Å². The molecule has 1 unspecified atom stereocenters. The van der Waals surface area contributed by atoms with E-state index in [1.54, 1.807) is 12.1 Å². The van der Waals surface area contributed by atoms with E-state index in [4.69, 9.17) is 14.8 Å². The van der Waals surface area contributed by atoms with Crippen molar-refractivity contribution in [2.75, 3.05) is 6.54 Å². The van der Waals surface area contributed by atoms with E-state index in [2.05, 4.69) is 47.1 Å². The summed E-state index contributed by atoms with van der Waals surface area (Å²) in [5.41, 5.74) is 6.39. The minimum absolute atomic E-state index is 0.335. The maximum Gasteiger partial charge on any atom is 0.511 e. The Bertz CT molecular complexity index is 1300. The molecule has 4 aromatic rings. The standard InChI is InChI=1S/C28H29N3O3/c1-2-6-27-30-24-15-14-21(23-8-5-16-29-23)17-25(24)31(27)18-19-10-12-20(13-11-19)22-7-3-4-9-26(22)34-28(32)33/h3-4,7,9-15,17,23,29H,2,5-6,8,16,18H2,1H3,(H,32,33). The molecule has 1 aliphatic rings. The summed E-state index contributed by atoms with van der Waals surface area (Å²) in [6, 6.07) is 22.5. The molecule has 1 saturated heterocycles. The van der Waals surface area contributed by atoms with E-state index in [1.807, 2.05) is 24.3 Å². The van der Waals surface area contributed by atoms with Crippen molar-refractivity contribution in [3.8, 4) is 16.9 Å². The van der Waals surface area contributed by atoms with Gasteiger partial charge in [-0.2, -0.15) is 0 Å². The lowest BCUT2D eigenvalue weighted by molar-refractivity contribution is 0.144. The van der Waals surface area contributed by atoms with Crippen LogP contribution < -0.4 is 10.1 Å². The van der Waals surface area contributed by atoms with Crippen molar-refractivity contribution >= 4 is 17.2 Å². The van der Waals surface area contributed by atoms with Crippen molar-refractivity contribution < 1.29 is 14.6 Å². The largest absolute Gasteiger partial charge is 0.511 e. The lowest BCUT2D eigenvalue weighted by atomic mass is 10.0. The number of aryl methyl sites for hydroxylation is 1. The number of nitrogens with zero attached hydrogens (tertiary/aromatic N) is 2. The van der Waals surface area contributed by atoms with E-state index in [0.29, 0.717) is 11.8 Å². The smallest absolute Gasteiger partial charge is 0.449 e. The number of carbonyl (C=O) groups is 1. The number of carboxylic acid groups (broad SMARTS) is 1. The number of ether oxygens (including phenoxy) is 1. The Labute approximate surface area is 199 Å². The van der Waals surface area contributed by atoms with Crippen LogP contribution in [0, 0.1) is 0 Å². The van der Waals surface area contributed by atoms with E-state index in [1.165, 1.54) is 29.5 Å².